The molecule has 0 N–H and O–H groups in total. The highest BCUT2D eigenvalue weighted by Gasteiger charge is 2.13. The molecule has 2 aromatic rings. The summed E-state index contributed by atoms with van der Waals surface area (Å²) in [6, 6.07) is 11.8. The van der Waals surface area contributed by atoms with E-state index in [1.165, 1.54) is 0 Å². The number of hydrogen-bond acceptors (Lipinski definition) is 3. The normalized spacial score (nSPS) is 11.5. The van der Waals surface area contributed by atoms with E-state index in [4.69, 9.17) is 46.4 Å². The van der Waals surface area contributed by atoms with Crippen LogP contribution in [0.25, 0.3) is 0 Å². The van der Waals surface area contributed by atoms with Gasteiger partial charge in [-0.15, -0.1) is 0 Å². The number of hydrogen-bond donors (Lipinski definition) is 0. The number of rotatable bonds is 9. The van der Waals surface area contributed by atoms with E-state index in [0.29, 0.717) is 16.1 Å². The molecule has 0 spiro atoms. The molecule has 2 aromatic carbocycles. The summed E-state index contributed by atoms with van der Waals surface area (Å²) in [7, 11) is 4.24. The fourth-order valence-electron chi connectivity index (χ4n) is 2.23. The Bertz CT molecular complexity index is 667. The Morgan fingerprint density at radius 2 is 1.19 bits per heavy atom. The van der Waals surface area contributed by atoms with Crippen molar-refractivity contribution in [2.75, 3.05) is 25.6 Å². The number of thioether (sulfide) groups is 2. The van der Waals surface area contributed by atoms with Crippen molar-refractivity contribution in [1.29, 1.82) is 0 Å². The van der Waals surface area contributed by atoms with E-state index in [1.807, 2.05) is 47.8 Å². The average Bonchev–Trinajstić information content (AvgIpc) is 2.56. The lowest BCUT2D eigenvalue weighted by atomic mass is 10.2. The second-order valence-corrected chi connectivity index (χ2v) is 9.87. The van der Waals surface area contributed by atoms with Gasteiger partial charge in [-0.1, -0.05) is 58.5 Å². The maximum Gasteiger partial charge on any atom is 0.0461 e. The van der Waals surface area contributed by atoms with Gasteiger partial charge >= 0.3 is 0 Å². The monoisotopic (exact) mass is 467 g/mol. The maximum absolute atomic E-state index is 6.25. The molecule has 0 fully saturated rings. The predicted molar refractivity (Wildman–Crippen MR) is 123 cm³/mol. The van der Waals surface area contributed by atoms with Gasteiger partial charge in [0, 0.05) is 49.1 Å². The van der Waals surface area contributed by atoms with Crippen molar-refractivity contribution >= 4 is 69.9 Å². The Balaban J connectivity index is 1.81. The predicted octanol–water partition coefficient (Wildman–Crippen LogP) is 7.40. The minimum absolute atomic E-state index is 0.474. The third-order valence-corrected chi connectivity index (χ3v) is 7.34. The maximum atomic E-state index is 6.25. The zero-order valence-electron chi connectivity index (χ0n) is 14.6. The summed E-state index contributed by atoms with van der Waals surface area (Å²) in [6.07, 6.45) is 0. The minimum atomic E-state index is 0.474. The summed E-state index contributed by atoms with van der Waals surface area (Å²) in [5, 5.41) is 2.82. The van der Waals surface area contributed by atoms with Gasteiger partial charge in [0.15, 0.2) is 0 Å². The topological polar surface area (TPSA) is 3.24 Å². The van der Waals surface area contributed by atoms with Crippen LogP contribution in [-0.4, -0.2) is 36.5 Å². The van der Waals surface area contributed by atoms with Crippen LogP contribution in [0.4, 0.5) is 0 Å². The molecule has 0 unspecified atom stereocenters. The van der Waals surface area contributed by atoms with Crippen LogP contribution in [0.15, 0.2) is 36.4 Å². The standard InChI is InChI=1S/C19H21Cl4NS2/c1-24(2)17(11-25-9-13-3-5-15(20)7-18(13)22)12-26-10-14-4-6-16(21)8-19(14)23/h3-8,17H,9-12H2,1-2H3. The van der Waals surface area contributed by atoms with E-state index in [-0.39, 0.29) is 0 Å². The summed E-state index contributed by atoms with van der Waals surface area (Å²) >= 11 is 28.2. The highest BCUT2D eigenvalue weighted by molar-refractivity contribution is 7.99. The average molecular weight is 469 g/mol. The van der Waals surface area contributed by atoms with Gasteiger partial charge < -0.3 is 4.90 Å². The minimum Gasteiger partial charge on any atom is -0.305 e. The van der Waals surface area contributed by atoms with E-state index < -0.39 is 0 Å². The molecule has 142 valence electrons. The van der Waals surface area contributed by atoms with Crippen LogP contribution in [-0.2, 0) is 11.5 Å². The highest BCUT2D eigenvalue weighted by atomic mass is 35.5. The molecule has 0 amide bonds. The molecule has 0 saturated carbocycles. The lowest BCUT2D eigenvalue weighted by molar-refractivity contribution is 0.344. The molecule has 1 nitrogen and oxygen atoms in total. The summed E-state index contributed by atoms with van der Waals surface area (Å²) in [5.74, 6) is 3.84. The highest BCUT2D eigenvalue weighted by Crippen LogP contribution is 2.27. The lowest BCUT2D eigenvalue weighted by Crippen LogP contribution is -2.32. The van der Waals surface area contributed by atoms with Gasteiger partial charge in [-0.25, -0.2) is 0 Å². The number of halogens is 4. The Hall–Kier alpha value is 0.260. The molecule has 0 atom stereocenters. The first-order valence-electron chi connectivity index (χ1n) is 8.06. The molecule has 0 bridgehead atoms. The van der Waals surface area contributed by atoms with Gasteiger partial charge in [-0.2, -0.15) is 23.5 Å². The zero-order valence-corrected chi connectivity index (χ0v) is 19.3. The largest absolute Gasteiger partial charge is 0.305 e. The third kappa shape index (κ3) is 7.35. The summed E-state index contributed by atoms with van der Waals surface area (Å²) in [6.45, 7) is 0. The van der Waals surface area contributed by atoms with Gasteiger partial charge in [-0.3, -0.25) is 0 Å². The second kappa shape index (κ2) is 11.3. The van der Waals surface area contributed by atoms with E-state index in [2.05, 4.69) is 19.0 Å². The Labute approximate surface area is 184 Å². The van der Waals surface area contributed by atoms with Crippen molar-refractivity contribution in [2.24, 2.45) is 0 Å². The quantitative estimate of drug-likeness (QED) is 0.377. The van der Waals surface area contributed by atoms with Crippen LogP contribution in [0, 0.1) is 0 Å². The Morgan fingerprint density at radius 3 is 1.54 bits per heavy atom. The summed E-state index contributed by atoms with van der Waals surface area (Å²) in [5.41, 5.74) is 2.25. The summed E-state index contributed by atoms with van der Waals surface area (Å²) < 4.78 is 0. The molecule has 0 aromatic heterocycles. The number of nitrogens with zero attached hydrogens (tertiary/aromatic N) is 1. The van der Waals surface area contributed by atoms with Crippen LogP contribution in [0.5, 0.6) is 0 Å². The molecular formula is C19H21Cl4NS2. The van der Waals surface area contributed by atoms with Gasteiger partial charge in [0.05, 0.1) is 0 Å². The van der Waals surface area contributed by atoms with Crippen molar-refractivity contribution in [2.45, 2.75) is 17.5 Å². The molecule has 0 radical (unpaired) electrons. The van der Waals surface area contributed by atoms with Crippen LogP contribution in [0.2, 0.25) is 20.1 Å². The van der Waals surface area contributed by atoms with Gasteiger partial charge in [0.1, 0.15) is 0 Å². The molecule has 0 aliphatic rings. The third-order valence-electron chi connectivity index (χ3n) is 3.90. The molecule has 2 rings (SSSR count). The molecule has 26 heavy (non-hydrogen) atoms. The molecule has 0 aliphatic carbocycles. The van der Waals surface area contributed by atoms with Crippen LogP contribution < -0.4 is 0 Å². The van der Waals surface area contributed by atoms with Crippen molar-refractivity contribution in [3.8, 4) is 0 Å². The first kappa shape index (κ1) is 22.5. The van der Waals surface area contributed by atoms with Crippen LogP contribution in [0.3, 0.4) is 0 Å². The Morgan fingerprint density at radius 1 is 0.769 bits per heavy atom. The second-order valence-electron chi connectivity index (χ2n) is 6.12. The SMILES string of the molecule is CN(C)C(CSCc1ccc(Cl)cc1Cl)CSCc1ccc(Cl)cc1Cl. The molecular weight excluding hydrogens is 448 g/mol. The molecule has 7 heteroatoms. The van der Waals surface area contributed by atoms with E-state index in [9.17, 15) is 0 Å². The summed E-state index contributed by atoms with van der Waals surface area (Å²) in [4.78, 5) is 2.27. The van der Waals surface area contributed by atoms with Crippen molar-refractivity contribution in [3.05, 3.63) is 67.6 Å². The fraction of sp³-hybridized carbons (Fsp3) is 0.368. The first-order chi connectivity index (χ1) is 12.4. The molecule has 0 saturated heterocycles. The van der Waals surface area contributed by atoms with Gasteiger partial charge in [0.25, 0.3) is 0 Å². The smallest absolute Gasteiger partial charge is 0.0461 e. The van der Waals surface area contributed by atoms with Crippen LogP contribution >= 0.6 is 69.9 Å². The van der Waals surface area contributed by atoms with Gasteiger partial charge in [-0.05, 0) is 49.5 Å². The van der Waals surface area contributed by atoms with Crippen molar-refractivity contribution < 1.29 is 0 Å². The van der Waals surface area contributed by atoms with Crippen LogP contribution in [0.1, 0.15) is 11.1 Å². The van der Waals surface area contributed by atoms with E-state index in [0.717, 1.165) is 44.2 Å². The van der Waals surface area contributed by atoms with Crippen molar-refractivity contribution in [3.63, 3.8) is 0 Å². The first-order valence-corrected chi connectivity index (χ1v) is 11.9. The van der Waals surface area contributed by atoms with E-state index >= 15 is 0 Å². The zero-order chi connectivity index (χ0) is 19.1. The molecule has 0 heterocycles. The molecule has 0 aliphatic heterocycles. The number of benzene rings is 2. The Kier molecular flexibility index (Phi) is 9.81. The van der Waals surface area contributed by atoms with E-state index in [1.54, 1.807) is 12.1 Å². The fourth-order valence-corrected chi connectivity index (χ4v) is 6.05. The van der Waals surface area contributed by atoms with Gasteiger partial charge in [0.2, 0.25) is 0 Å². The lowest BCUT2D eigenvalue weighted by Gasteiger charge is -2.24. The van der Waals surface area contributed by atoms with Crippen molar-refractivity contribution in [1.82, 2.24) is 4.90 Å².